The van der Waals surface area contributed by atoms with E-state index in [1.54, 1.807) is 48.5 Å². The van der Waals surface area contributed by atoms with Crippen LogP contribution in [0, 0.1) is 0 Å². The molecule has 4 aromatic rings. The van der Waals surface area contributed by atoms with Crippen LogP contribution in [0.4, 0.5) is 22.7 Å². The average Bonchev–Trinajstić information content (AvgIpc) is 2.93. The second-order valence-corrected chi connectivity index (χ2v) is 7.33. The summed E-state index contributed by atoms with van der Waals surface area (Å²) in [5.74, 6) is 0.905. The van der Waals surface area contributed by atoms with E-state index in [2.05, 4.69) is 20.5 Å². The van der Waals surface area contributed by atoms with Gasteiger partial charge in [-0.05, 0) is 83.9 Å². The molecule has 4 rings (SSSR count). The van der Waals surface area contributed by atoms with Crippen LogP contribution in [-0.4, -0.2) is 12.9 Å². The van der Waals surface area contributed by atoms with Crippen molar-refractivity contribution in [2.75, 3.05) is 0 Å². The second kappa shape index (κ2) is 12.3. The first-order chi connectivity index (χ1) is 17.7. The van der Waals surface area contributed by atoms with Gasteiger partial charge in [0.25, 0.3) is 12.9 Å². The maximum absolute atomic E-state index is 10.3. The molecule has 0 spiro atoms. The molecule has 8 nitrogen and oxygen atoms in total. The van der Waals surface area contributed by atoms with Crippen LogP contribution in [0.2, 0.25) is 0 Å². The van der Waals surface area contributed by atoms with Crippen molar-refractivity contribution in [3.05, 3.63) is 108 Å². The summed E-state index contributed by atoms with van der Waals surface area (Å²) in [5.41, 5.74) is 4.80. The molecule has 4 aromatic carbocycles. The number of carbonyl (C=O) groups excluding carboxylic acids is 2. The zero-order valence-corrected chi connectivity index (χ0v) is 19.0. The number of carbonyl (C=O) groups is 2. The standard InChI is InChI=1S/C28H20N4O4/c33-19-35-27-15-11-25(12-16-27)31-29-23-7-3-21(4-8-23)1-2-22-5-9-24(10-6-22)30-32-26-13-17-28(18-14-26)36-20-34/h1-20H/b2-1+,31-29+,32-30+. The molecular weight excluding hydrogens is 456 g/mol. The quantitative estimate of drug-likeness (QED) is 0.133. The Labute approximate surface area is 207 Å². The van der Waals surface area contributed by atoms with Gasteiger partial charge in [-0.1, -0.05) is 36.4 Å². The predicted octanol–water partition coefficient (Wildman–Crippen LogP) is 7.76. The molecule has 0 unspecified atom stereocenters. The second-order valence-electron chi connectivity index (χ2n) is 7.33. The summed E-state index contributed by atoms with van der Waals surface area (Å²) in [7, 11) is 0. The molecule has 0 N–H and O–H groups in total. The first-order valence-electron chi connectivity index (χ1n) is 10.8. The van der Waals surface area contributed by atoms with Crippen molar-refractivity contribution in [3.8, 4) is 11.5 Å². The van der Waals surface area contributed by atoms with Gasteiger partial charge in [-0.25, -0.2) is 0 Å². The minimum Gasteiger partial charge on any atom is -0.429 e. The van der Waals surface area contributed by atoms with Crippen LogP contribution < -0.4 is 9.47 Å². The van der Waals surface area contributed by atoms with Gasteiger partial charge in [0, 0.05) is 0 Å². The van der Waals surface area contributed by atoms with Crippen molar-refractivity contribution in [2.24, 2.45) is 20.5 Å². The maximum Gasteiger partial charge on any atom is 0.298 e. The molecule has 0 saturated carbocycles. The van der Waals surface area contributed by atoms with Gasteiger partial charge in [0.2, 0.25) is 0 Å². The van der Waals surface area contributed by atoms with Gasteiger partial charge in [-0.3, -0.25) is 9.59 Å². The highest BCUT2D eigenvalue weighted by molar-refractivity contribution is 5.70. The summed E-state index contributed by atoms with van der Waals surface area (Å²) in [6.07, 6.45) is 4.01. The fourth-order valence-corrected chi connectivity index (χ4v) is 3.02. The highest BCUT2D eigenvalue weighted by atomic mass is 16.5. The molecule has 0 bridgehead atoms. The van der Waals surface area contributed by atoms with E-state index in [1.165, 1.54) is 0 Å². The Hall–Kier alpha value is -5.24. The number of rotatable bonds is 10. The maximum atomic E-state index is 10.3. The number of ether oxygens (including phenoxy) is 2. The lowest BCUT2D eigenvalue weighted by Gasteiger charge is -1.99. The smallest absolute Gasteiger partial charge is 0.298 e. The van der Waals surface area contributed by atoms with E-state index in [4.69, 9.17) is 9.47 Å². The number of nitrogens with zero attached hydrogens (tertiary/aromatic N) is 4. The fraction of sp³-hybridized carbons (Fsp3) is 0. The minimum absolute atomic E-state index is 0.381. The largest absolute Gasteiger partial charge is 0.429 e. The van der Waals surface area contributed by atoms with Crippen molar-refractivity contribution >= 4 is 47.8 Å². The fourth-order valence-electron chi connectivity index (χ4n) is 3.02. The zero-order valence-electron chi connectivity index (χ0n) is 19.0. The van der Waals surface area contributed by atoms with Gasteiger partial charge in [0.1, 0.15) is 11.5 Å². The SMILES string of the molecule is O=COc1ccc(/N=N/c2ccc(/C=C/c3ccc(/N=N/c4ccc(OC=O)cc4)cc3)cc2)cc1. The van der Waals surface area contributed by atoms with Gasteiger partial charge in [-0.15, -0.1) is 0 Å². The Balaban J connectivity index is 1.32. The summed E-state index contributed by atoms with van der Waals surface area (Å²) >= 11 is 0. The van der Waals surface area contributed by atoms with Crippen LogP contribution in [0.1, 0.15) is 11.1 Å². The van der Waals surface area contributed by atoms with Crippen LogP contribution in [0.3, 0.4) is 0 Å². The molecule has 176 valence electrons. The monoisotopic (exact) mass is 476 g/mol. The minimum atomic E-state index is 0.381. The zero-order chi connectivity index (χ0) is 25.0. The molecule has 36 heavy (non-hydrogen) atoms. The third kappa shape index (κ3) is 7.13. The molecule has 8 heteroatoms. The average molecular weight is 476 g/mol. The Morgan fingerprint density at radius 3 is 0.972 bits per heavy atom. The lowest BCUT2D eigenvalue weighted by atomic mass is 10.1. The number of benzene rings is 4. The molecule has 0 saturated heterocycles. The van der Waals surface area contributed by atoms with Gasteiger partial charge >= 0.3 is 0 Å². The molecule has 0 heterocycles. The van der Waals surface area contributed by atoms with Crippen LogP contribution in [0.5, 0.6) is 11.5 Å². The molecule has 0 radical (unpaired) electrons. The van der Waals surface area contributed by atoms with Crippen molar-refractivity contribution in [3.63, 3.8) is 0 Å². The molecule has 0 atom stereocenters. The Morgan fingerprint density at radius 1 is 0.417 bits per heavy atom. The van der Waals surface area contributed by atoms with E-state index in [-0.39, 0.29) is 0 Å². The van der Waals surface area contributed by atoms with E-state index < -0.39 is 0 Å². The van der Waals surface area contributed by atoms with Crippen molar-refractivity contribution in [1.82, 2.24) is 0 Å². The Kier molecular flexibility index (Phi) is 8.16. The van der Waals surface area contributed by atoms with E-state index in [0.29, 0.717) is 35.8 Å². The van der Waals surface area contributed by atoms with Crippen molar-refractivity contribution in [1.29, 1.82) is 0 Å². The van der Waals surface area contributed by atoms with Gasteiger partial charge in [0.05, 0.1) is 22.7 Å². The molecule has 0 aliphatic rings. The predicted molar refractivity (Wildman–Crippen MR) is 136 cm³/mol. The highest BCUT2D eigenvalue weighted by Gasteiger charge is 1.97. The summed E-state index contributed by atoms with van der Waals surface area (Å²) in [5, 5.41) is 16.8. The van der Waals surface area contributed by atoms with Gasteiger partial charge in [0.15, 0.2) is 0 Å². The Bertz CT molecular complexity index is 1270. The van der Waals surface area contributed by atoms with Crippen molar-refractivity contribution < 1.29 is 19.1 Å². The van der Waals surface area contributed by atoms with Gasteiger partial charge in [-0.2, -0.15) is 20.5 Å². The van der Waals surface area contributed by atoms with Crippen LogP contribution in [-0.2, 0) is 9.59 Å². The molecule has 0 aliphatic carbocycles. The summed E-state index contributed by atoms with van der Waals surface area (Å²) < 4.78 is 9.51. The topological polar surface area (TPSA) is 102 Å². The molecular formula is C28H20N4O4. The normalized spacial score (nSPS) is 11.2. The summed E-state index contributed by atoms with van der Waals surface area (Å²) in [6, 6.07) is 28.8. The van der Waals surface area contributed by atoms with E-state index >= 15 is 0 Å². The van der Waals surface area contributed by atoms with E-state index in [1.807, 2.05) is 60.7 Å². The van der Waals surface area contributed by atoms with Crippen molar-refractivity contribution in [2.45, 2.75) is 0 Å². The van der Waals surface area contributed by atoms with Gasteiger partial charge < -0.3 is 9.47 Å². The number of hydrogen-bond donors (Lipinski definition) is 0. The third-order valence-electron chi connectivity index (χ3n) is 4.86. The number of azo groups is 2. The number of hydrogen-bond acceptors (Lipinski definition) is 8. The molecule has 0 aromatic heterocycles. The van der Waals surface area contributed by atoms with Crippen LogP contribution in [0.25, 0.3) is 12.2 Å². The lowest BCUT2D eigenvalue weighted by molar-refractivity contribution is -0.121. The lowest BCUT2D eigenvalue weighted by Crippen LogP contribution is -1.86. The summed E-state index contributed by atoms with van der Waals surface area (Å²) in [4.78, 5) is 20.7. The first-order valence-corrected chi connectivity index (χ1v) is 10.8. The third-order valence-corrected chi connectivity index (χ3v) is 4.86. The molecule has 0 amide bonds. The summed E-state index contributed by atoms with van der Waals surface area (Å²) in [6.45, 7) is 0.762. The van der Waals surface area contributed by atoms with E-state index in [0.717, 1.165) is 22.5 Å². The van der Waals surface area contributed by atoms with Crippen LogP contribution >= 0.6 is 0 Å². The molecule has 0 aliphatic heterocycles. The highest BCUT2D eigenvalue weighted by Crippen LogP contribution is 2.23. The Morgan fingerprint density at radius 2 is 0.694 bits per heavy atom. The molecule has 0 fully saturated rings. The first kappa shape index (κ1) is 23.9. The van der Waals surface area contributed by atoms with E-state index in [9.17, 15) is 9.59 Å². The van der Waals surface area contributed by atoms with Crippen LogP contribution in [0.15, 0.2) is 118 Å².